The zero-order chi connectivity index (χ0) is 25.3. The lowest BCUT2D eigenvalue weighted by Crippen LogP contribution is -2.55. The van der Waals surface area contributed by atoms with Crippen molar-refractivity contribution in [3.05, 3.63) is 23.8 Å². The Morgan fingerprint density at radius 2 is 1.88 bits per heavy atom. The number of carbonyl (C=O) groups excluding carboxylic acids is 3. The maximum absolute atomic E-state index is 13.7. The molecule has 3 rings (SSSR count). The van der Waals surface area contributed by atoms with E-state index in [4.69, 9.17) is 10.5 Å². The molecule has 1 aromatic carbocycles. The summed E-state index contributed by atoms with van der Waals surface area (Å²) in [6.45, 7) is -2.29. The van der Waals surface area contributed by atoms with Crippen molar-refractivity contribution in [2.75, 3.05) is 43.1 Å². The predicted octanol–water partition coefficient (Wildman–Crippen LogP) is 2.14. The number of nitrogens with one attached hydrogen (secondary N) is 1. The summed E-state index contributed by atoms with van der Waals surface area (Å²) in [5.74, 6) is -3.49. The number of halogens is 6. The third-order valence-corrected chi connectivity index (χ3v) is 5.30. The summed E-state index contributed by atoms with van der Waals surface area (Å²) in [4.78, 5) is 38.1. The largest absolute Gasteiger partial charge is 0.418 e. The van der Waals surface area contributed by atoms with Gasteiger partial charge in [0.1, 0.15) is 6.61 Å². The number of ether oxygens (including phenoxy) is 1. The van der Waals surface area contributed by atoms with Gasteiger partial charge in [-0.2, -0.15) is 26.3 Å². The minimum atomic E-state index is -4.92. The fourth-order valence-electron chi connectivity index (χ4n) is 3.66. The predicted molar refractivity (Wildman–Crippen MR) is 107 cm³/mol. The number of carbonyl (C=O) groups is 3. The molecule has 0 unspecified atom stereocenters. The molecule has 2 fully saturated rings. The number of hydrogen-bond donors (Lipinski definition) is 2. The van der Waals surface area contributed by atoms with Crippen LogP contribution in [0.5, 0.6) is 0 Å². The van der Waals surface area contributed by atoms with Crippen LogP contribution in [-0.4, -0.2) is 67.7 Å². The first kappa shape index (κ1) is 25.7. The quantitative estimate of drug-likeness (QED) is 0.424. The molecule has 1 saturated carbocycles. The van der Waals surface area contributed by atoms with Crippen LogP contribution in [0.2, 0.25) is 0 Å². The van der Waals surface area contributed by atoms with Gasteiger partial charge in [-0.1, -0.05) is 0 Å². The number of primary amides is 1. The lowest BCUT2D eigenvalue weighted by Gasteiger charge is -2.30. The third kappa shape index (κ3) is 6.59. The van der Waals surface area contributed by atoms with Crippen LogP contribution in [0.25, 0.3) is 0 Å². The standard InChI is InChI=1S/C20H22F6N4O4/c21-19(22,23)10-29(8-11-1-2-11)16(17(27)32)18(33)28-12-3-4-14(13(7-12)20(24,25)26)30-5-6-34-9-15(30)31/h3-4,7,11,16H,1-2,5-6,8-10H2,(H2,27,32)(H,28,33)/t16-/m1/s1. The Morgan fingerprint density at radius 3 is 2.41 bits per heavy atom. The van der Waals surface area contributed by atoms with Gasteiger partial charge >= 0.3 is 12.4 Å². The van der Waals surface area contributed by atoms with Crippen LogP contribution >= 0.6 is 0 Å². The Hall–Kier alpha value is -2.87. The molecule has 0 radical (unpaired) electrons. The molecule has 1 aromatic rings. The van der Waals surface area contributed by atoms with Crippen molar-refractivity contribution in [3.8, 4) is 0 Å². The van der Waals surface area contributed by atoms with Crippen LogP contribution < -0.4 is 16.0 Å². The van der Waals surface area contributed by atoms with E-state index in [-0.39, 0.29) is 25.6 Å². The Morgan fingerprint density at radius 1 is 1.21 bits per heavy atom. The molecule has 3 amide bonds. The first-order valence-corrected chi connectivity index (χ1v) is 10.3. The molecule has 3 N–H and O–H groups in total. The molecule has 14 heteroatoms. The van der Waals surface area contributed by atoms with Crippen molar-refractivity contribution in [2.45, 2.75) is 31.2 Å². The van der Waals surface area contributed by atoms with Gasteiger partial charge in [0, 0.05) is 18.8 Å². The van der Waals surface area contributed by atoms with E-state index in [9.17, 15) is 40.7 Å². The van der Waals surface area contributed by atoms with Gasteiger partial charge in [0.05, 0.1) is 24.4 Å². The lowest BCUT2D eigenvalue weighted by atomic mass is 10.1. The van der Waals surface area contributed by atoms with E-state index in [1.807, 2.05) is 0 Å². The number of nitrogens with zero attached hydrogens (tertiary/aromatic N) is 2. The van der Waals surface area contributed by atoms with Gasteiger partial charge in [-0.15, -0.1) is 0 Å². The number of alkyl halides is 6. The van der Waals surface area contributed by atoms with Gasteiger partial charge < -0.3 is 20.7 Å². The Balaban J connectivity index is 1.87. The van der Waals surface area contributed by atoms with Crippen molar-refractivity contribution in [3.63, 3.8) is 0 Å². The average Bonchev–Trinajstić information content (AvgIpc) is 3.50. The number of anilines is 2. The molecule has 0 aromatic heterocycles. The highest BCUT2D eigenvalue weighted by molar-refractivity contribution is 6.09. The number of benzene rings is 1. The van der Waals surface area contributed by atoms with Crippen molar-refractivity contribution in [2.24, 2.45) is 11.7 Å². The number of amides is 3. The highest BCUT2D eigenvalue weighted by Crippen LogP contribution is 2.39. The van der Waals surface area contributed by atoms with Crippen LogP contribution in [0.4, 0.5) is 37.7 Å². The Labute approximate surface area is 190 Å². The van der Waals surface area contributed by atoms with Crippen molar-refractivity contribution in [1.29, 1.82) is 0 Å². The molecule has 1 heterocycles. The number of morpholine rings is 1. The minimum Gasteiger partial charge on any atom is -0.370 e. The maximum atomic E-state index is 13.7. The van der Waals surface area contributed by atoms with Crippen LogP contribution in [0.1, 0.15) is 18.4 Å². The van der Waals surface area contributed by atoms with E-state index in [0.29, 0.717) is 23.8 Å². The van der Waals surface area contributed by atoms with E-state index >= 15 is 0 Å². The smallest absolute Gasteiger partial charge is 0.370 e. The third-order valence-electron chi connectivity index (χ3n) is 5.30. The molecular formula is C20H22F6N4O4. The lowest BCUT2D eigenvalue weighted by molar-refractivity contribution is -0.157. The molecular weight excluding hydrogens is 474 g/mol. The molecule has 188 valence electrons. The summed E-state index contributed by atoms with van der Waals surface area (Å²) in [5.41, 5.74) is 3.06. The Kier molecular flexibility index (Phi) is 7.41. The molecule has 0 spiro atoms. The molecule has 1 atom stereocenters. The van der Waals surface area contributed by atoms with Crippen LogP contribution in [-0.2, 0) is 25.3 Å². The number of hydrogen-bond acceptors (Lipinski definition) is 5. The second kappa shape index (κ2) is 9.78. The van der Waals surface area contributed by atoms with Crippen molar-refractivity contribution >= 4 is 29.1 Å². The highest BCUT2D eigenvalue weighted by atomic mass is 19.4. The maximum Gasteiger partial charge on any atom is 0.418 e. The fourth-order valence-corrected chi connectivity index (χ4v) is 3.66. The first-order chi connectivity index (χ1) is 15.8. The number of rotatable bonds is 8. The van der Waals surface area contributed by atoms with Gasteiger partial charge in [-0.25, -0.2) is 0 Å². The molecule has 1 aliphatic heterocycles. The van der Waals surface area contributed by atoms with Gasteiger partial charge in [0.15, 0.2) is 6.04 Å². The van der Waals surface area contributed by atoms with E-state index < -0.39 is 66.2 Å². The summed E-state index contributed by atoms with van der Waals surface area (Å²) in [6, 6.07) is 0.511. The van der Waals surface area contributed by atoms with Gasteiger partial charge in [-0.3, -0.25) is 19.3 Å². The van der Waals surface area contributed by atoms with Crippen molar-refractivity contribution in [1.82, 2.24) is 4.90 Å². The second-order valence-corrected chi connectivity index (χ2v) is 8.11. The van der Waals surface area contributed by atoms with E-state index in [1.165, 1.54) is 0 Å². The normalized spacial score (nSPS) is 18.2. The van der Waals surface area contributed by atoms with E-state index in [2.05, 4.69) is 5.32 Å². The van der Waals surface area contributed by atoms with Gasteiger partial charge in [0.25, 0.3) is 11.8 Å². The fraction of sp³-hybridized carbons (Fsp3) is 0.550. The molecule has 0 bridgehead atoms. The number of nitrogens with two attached hydrogens (primary N) is 1. The summed E-state index contributed by atoms with van der Waals surface area (Å²) in [7, 11) is 0. The summed E-state index contributed by atoms with van der Waals surface area (Å²) >= 11 is 0. The van der Waals surface area contributed by atoms with E-state index in [1.54, 1.807) is 0 Å². The summed E-state index contributed by atoms with van der Waals surface area (Å²) in [5, 5.41) is 2.06. The monoisotopic (exact) mass is 496 g/mol. The van der Waals surface area contributed by atoms with E-state index in [0.717, 1.165) is 17.0 Å². The first-order valence-electron chi connectivity index (χ1n) is 10.3. The molecule has 8 nitrogen and oxygen atoms in total. The Bertz CT molecular complexity index is 948. The van der Waals surface area contributed by atoms with Gasteiger partial charge in [0.2, 0.25) is 5.91 Å². The van der Waals surface area contributed by atoms with Crippen LogP contribution in [0, 0.1) is 5.92 Å². The van der Waals surface area contributed by atoms with Gasteiger partial charge in [-0.05, 0) is 37.0 Å². The zero-order valence-electron chi connectivity index (χ0n) is 17.7. The molecule has 2 aliphatic rings. The molecule has 34 heavy (non-hydrogen) atoms. The topological polar surface area (TPSA) is 105 Å². The second-order valence-electron chi connectivity index (χ2n) is 8.11. The molecule has 1 saturated heterocycles. The van der Waals surface area contributed by atoms with Crippen LogP contribution in [0.3, 0.4) is 0 Å². The summed E-state index contributed by atoms with van der Waals surface area (Å²) in [6.07, 6.45) is -8.42. The van der Waals surface area contributed by atoms with Crippen molar-refractivity contribution < 1.29 is 45.5 Å². The van der Waals surface area contributed by atoms with Crippen LogP contribution in [0.15, 0.2) is 18.2 Å². The SMILES string of the molecule is NC(=O)[C@H](C(=O)Nc1ccc(N2CCOCC2=O)c(C(F)(F)F)c1)N(CC1CC1)CC(F)(F)F. The highest BCUT2D eigenvalue weighted by Gasteiger charge is 2.42. The summed E-state index contributed by atoms with van der Waals surface area (Å²) < 4.78 is 85.2. The average molecular weight is 496 g/mol. The zero-order valence-corrected chi connectivity index (χ0v) is 17.7. The minimum absolute atomic E-state index is 0.0256. The molecule has 1 aliphatic carbocycles.